The van der Waals surface area contributed by atoms with Crippen LogP contribution >= 0.6 is 0 Å². The van der Waals surface area contributed by atoms with Gasteiger partial charge in [-0.1, -0.05) is 20.8 Å². The highest BCUT2D eigenvalue weighted by molar-refractivity contribution is 5.68. The van der Waals surface area contributed by atoms with E-state index < -0.39 is 17.8 Å². The Morgan fingerprint density at radius 2 is 1.88 bits per heavy atom. The first kappa shape index (κ1) is 16.2. The highest BCUT2D eigenvalue weighted by Gasteiger charge is 2.24. The molecule has 2 atom stereocenters. The van der Waals surface area contributed by atoms with Crippen LogP contribution in [0.3, 0.4) is 0 Å². The summed E-state index contributed by atoms with van der Waals surface area (Å²) in [5, 5.41) is 12.6. The van der Waals surface area contributed by atoms with Crippen molar-refractivity contribution in [3.8, 4) is 0 Å². The summed E-state index contributed by atoms with van der Waals surface area (Å²) in [6, 6.07) is -0.241. The van der Waals surface area contributed by atoms with Gasteiger partial charge in [-0.2, -0.15) is 0 Å². The predicted molar refractivity (Wildman–Crippen MR) is 68.9 cm³/mol. The van der Waals surface area contributed by atoms with Gasteiger partial charge in [0.1, 0.15) is 5.60 Å². The Bertz CT molecular complexity index is 233. The Hall–Kier alpha value is -0.770. The number of hydrogen-bond donors (Lipinski definition) is 2. The van der Waals surface area contributed by atoms with Crippen molar-refractivity contribution in [2.24, 2.45) is 5.92 Å². The standard InChI is InChI=1S/C13H27NO3/c1-7-11(15)10(8-9(2)3)14-12(16)17-13(4,5)6/h9-11,15H,7-8H2,1-6H3,(H,14,16)/t10-,11-/m0/s1. The maximum atomic E-state index is 11.6. The summed E-state index contributed by atoms with van der Waals surface area (Å²) >= 11 is 0. The molecule has 0 rings (SSSR count). The lowest BCUT2D eigenvalue weighted by Gasteiger charge is -2.27. The Kier molecular flexibility index (Phi) is 6.53. The van der Waals surface area contributed by atoms with E-state index in [0.29, 0.717) is 12.3 Å². The molecule has 0 aromatic rings. The fraction of sp³-hybridized carbons (Fsp3) is 0.923. The molecule has 0 spiro atoms. The highest BCUT2D eigenvalue weighted by atomic mass is 16.6. The van der Waals surface area contributed by atoms with Crippen molar-refractivity contribution < 1.29 is 14.6 Å². The van der Waals surface area contributed by atoms with Gasteiger partial charge in [-0.15, -0.1) is 0 Å². The summed E-state index contributed by atoms with van der Waals surface area (Å²) in [7, 11) is 0. The van der Waals surface area contributed by atoms with Gasteiger partial charge in [-0.25, -0.2) is 4.79 Å². The average molecular weight is 245 g/mol. The second kappa shape index (κ2) is 6.84. The first-order valence-electron chi connectivity index (χ1n) is 6.33. The lowest BCUT2D eigenvalue weighted by atomic mass is 9.98. The molecule has 0 aliphatic rings. The van der Waals surface area contributed by atoms with Crippen LogP contribution in [0.15, 0.2) is 0 Å². The molecule has 1 amide bonds. The summed E-state index contributed by atoms with van der Waals surface area (Å²) in [6.45, 7) is 11.5. The lowest BCUT2D eigenvalue weighted by Crippen LogP contribution is -2.45. The molecule has 0 fully saturated rings. The summed E-state index contributed by atoms with van der Waals surface area (Å²) in [5.41, 5.74) is -0.510. The Morgan fingerprint density at radius 1 is 1.35 bits per heavy atom. The Balaban J connectivity index is 4.37. The van der Waals surface area contributed by atoms with Gasteiger partial charge >= 0.3 is 6.09 Å². The van der Waals surface area contributed by atoms with Crippen molar-refractivity contribution in [1.29, 1.82) is 0 Å². The highest BCUT2D eigenvalue weighted by Crippen LogP contribution is 2.12. The molecule has 0 aromatic carbocycles. The molecule has 0 unspecified atom stereocenters. The normalized spacial score (nSPS) is 15.5. The van der Waals surface area contributed by atoms with Crippen LogP contribution in [0.5, 0.6) is 0 Å². The minimum absolute atomic E-state index is 0.241. The van der Waals surface area contributed by atoms with E-state index in [9.17, 15) is 9.90 Å². The van der Waals surface area contributed by atoms with Crippen LogP contribution in [-0.2, 0) is 4.74 Å². The van der Waals surface area contributed by atoms with E-state index in [1.165, 1.54) is 0 Å². The minimum Gasteiger partial charge on any atom is -0.444 e. The van der Waals surface area contributed by atoms with Gasteiger partial charge in [-0.05, 0) is 39.5 Å². The van der Waals surface area contributed by atoms with Crippen molar-refractivity contribution >= 4 is 6.09 Å². The van der Waals surface area contributed by atoms with Crippen LogP contribution in [0.2, 0.25) is 0 Å². The SMILES string of the molecule is CC[C@H](O)[C@H](CC(C)C)NC(=O)OC(C)(C)C. The number of alkyl carbamates (subject to hydrolysis) is 1. The third kappa shape index (κ3) is 8.02. The van der Waals surface area contributed by atoms with Gasteiger partial charge in [0.2, 0.25) is 0 Å². The van der Waals surface area contributed by atoms with E-state index >= 15 is 0 Å². The molecule has 4 heteroatoms. The second-order valence-corrected chi connectivity index (χ2v) is 5.86. The smallest absolute Gasteiger partial charge is 0.407 e. The van der Waals surface area contributed by atoms with Crippen molar-refractivity contribution in [2.75, 3.05) is 0 Å². The molecule has 2 N–H and O–H groups in total. The number of aliphatic hydroxyl groups excluding tert-OH is 1. The van der Waals surface area contributed by atoms with E-state index in [-0.39, 0.29) is 6.04 Å². The summed E-state index contributed by atoms with van der Waals surface area (Å²) < 4.78 is 5.18. The molecule has 0 bridgehead atoms. The van der Waals surface area contributed by atoms with Crippen LogP contribution in [0.1, 0.15) is 54.4 Å². The fourth-order valence-corrected chi connectivity index (χ4v) is 1.56. The van der Waals surface area contributed by atoms with Crippen molar-refractivity contribution in [2.45, 2.75) is 72.1 Å². The van der Waals surface area contributed by atoms with E-state index in [0.717, 1.165) is 6.42 Å². The number of nitrogens with one attached hydrogen (secondary N) is 1. The van der Waals surface area contributed by atoms with Gasteiger partial charge < -0.3 is 15.2 Å². The molecular formula is C13H27NO3. The molecule has 0 saturated carbocycles. The third-order valence-corrected chi connectivity index (χ3v) is 2.31. The summed E-state index contributed by atoms with van der Waals surface area (Å²) in [5.74, 6) is 0.413. The van der Waals surface area contributed by atoms with Crippen LogP contribution in [0.25, 0.3) is 0 Å². The van der Waals surface area contributed by atoms with Gasteiger partial charge in [0.05, 0.1) is 12.1 Å². The first-order chi connectivity index (χ1) is 7.65. The van der Waals surface area contributed by atoms with E-state index in [4.69, 9.17) is 4.74 Å². The van der Waals surface area contributed by atoms with Crippen LogP contribution in [0, 0.1) is 5.92 Å². The van der Waals surface area contributed by atoms with Gasteiger partial charge in [0, 0.05) is 0 Å². The molecule has 102 valence electrons. The van der Waals surface area contributed by atoms with Crippen LogP contribution in [-0.4, -0.2) is 28.9 Å². The maximum absolute atomic E-state index is 11.6. The van der Waals surface area contributed by atoms with Crippen LogP contribution < -0.4 is 5.32 Å². The maximum Gasteiger partial charge on any atom is 0.407 e. The van der Waals surface area contributed by atoms with E-state index in [1.807, 2.05) is 27.7 Å². The quantitative estimate of drug-likeness (QED) is 0.783. The molecule has 4 nitrogen and oxygen atoms in total. The Morgan fingerprint density at radius 3 is 2.24 bits per heavy atom. The lowest BCUT2D eigenvalue weighted by molar-refractivity contribution is 0.0399. The van der Waals surface area contributed by atoms with Crippen molar-refractivity contribution in [3.63, 3.8) is 0 Å². The largest absolute Gasteiger partial charge is 0.444 e. The van der Waals surface area contributed by atoms with Gasteiger partial charge in [0.15, 0.2) is 0 Å². The predicted octanol–water partition coefficient (Wildman–Crippen LogP) is 2.70. The van der Waals surface area contributed by atoms with Gasteiger partial charge in [-0.3, -0.25) is 0 Å². The number of carbonyl (C=O) groups excluding carboxylic acids is 1. The molecule has 0 aliphatic carbocycles. The summed E-state index contributed by atoms with van der Waals surface area (Å²) in [6.07, 6.45) is 0.377. The zero-order valence-corrected chi connectivity index (χ0v) is 11.9. The zero-order valence-electron chi connectivity index (χ0n) is 11.9. The average Bonchev–Trinajstić information content (AvgIpc) is 2.11. The van der Waals surface area contributed by atoms with Crippen molar-refractivity contribution in [1.82, 2.24) is 5.32 Å². The topological polar surface area (TPSA) is 58.6 Å². The summed E-state index contributed by atoms with van der Waals surface area (Å²) in [4.78, 5) is 11.6. The number of aliphatic hydroxyl groups is 1. The number of carbonyl (C=O) groups is 1. The molecule has 0 aromatic heterocycles. The molecule has 0 radical (unpaired) electrons. The van der Waals surface area contributed by atoms with Crippen molar-refractivity contribution in [3.05, 3.63) is 0 Å². The van der Waals surface area contributed by atoms with Crippen LogP contribution in [0.4, 0.5) is 4.79 Å². The molecule has 0 aliphatic heterocycles. The first-order valence-corrected chi connectivity index (χ1v) is 6.33. The third-order valence-electron chi connectivity index (χ3n) is 2.31. The van der Waals surface area contributed by atoms with E-state index in [1.54, 1.807) is 0 Å². The molecular weight excluding hydrogens is 218 g/mol. The zero-order chi connectivity index (χ0) is 13.6. The Labute approximate surface area is 105 Å². The monoisotopic (exact) mass is 245 g/mol. The molecule has 17 heavy (non-hydrogen) atoms. The second-order valence-electron chi connectivity index (χ2n) is 5.86. The van der Waals surface area contributed by atoms with Gasteiger partial charge in [0.25, 0.3) is 0 Å². The number of rotatable bonds is 5. The van der Waals surface area contributed by atoms with E-state index in [2.05, 4.69) is 19.2 Å². The fourth-order valence-electron chi connectivity index (χ4n) is 1.56. The number of ether oxygens (including phenoxy) is 1. The minimum atomic E-state index is -0.523. The number of amides is 1. The molecule has 0 saturated heterocycles. The molecule has 0 heterocycles. The number of hydrogen-bond acceptors (Lipinski definition) is 3.